The lowest BCUT2D eigenvalue weighted by molar-refractivity contribution is 0.0535. The van der Waals surface area contributed by atoms with Crippen LogP contribution in [0.15, 0.2) is 52.9 Å². The van der Waals surface area contributed by atoms with Crippen LogP contribution < -0.4 is 0 Å². The Kier molecular flexibility index (Phi) is 6.72. The van der Waals surface area contributed by atoms with Gasteiger partial charge in [-0.15, -0.1) is 10.2 Å². The molecular formula is C25H28N4O4. The first-order chi connectivity index (χ1) is 15.9. The molecule has 0 bridgehead atoms. The topological polar surface area (TPSA) is 88.8 Å². The van der Waals surface area contributed by atoms with E-state index in [0.29, 0.717) is 56.0 Å². The number of aryl methyl sites for hydroxylation is 1. The van der Waals surface area contributed by atoms with Gasteiger partial charge in [-0.25, -0.2) is 4.79 Å². The number of nitrogens with zero attached hydrogens (tertiary/aromatic N) is 4. The highest BCUT2D eigenvalue weighted by Gasteiger charge is 2.26. The maximum absolute atomic E-state index is 12.9. The van der Waals surface area contributed by atoms with Crippen molar-refractivity contribution in [3.63, 3.8) is 0 Å². The van der Waals surface area contributed by atoms with Crippen LogP contribution >= 0.6 is 0 Å². The molecule has 172 valence electrons. The van der Waals surface area contributed by atoms with Crippen LogP contribution in [-0.2, 0) is 4.74 Å². The number of hydrogen-bond donors (Lipinski definition) is 0. The molecule has 8 nitrogen and oxygen atoms in total. The lowest BCUT2D eigenvalue weighted by Gasteiger charge is -2.34. The van der Waals surface area contributed by atoms with Crippen LogP contribution in [0.25, 0.3) is 22.9 Å². The zero-order chi connectivity index (χ0) is 23.4. The molecule has 0 aliphatic carbocycles. The fraction of sp³-hybridized carbons (Fsp3) is 0.360. The SMILES string of the molecule is Cc1ccccc1-c1nnc(-c2ccc(C(=O)N3CCN(C(=O)OCC(C)C)CC3)cc2)o1. The van der Waals surface area contributed by atoms with Crippen molar-refractivity contribution in [3.8, 4) is 22.9 Å². The third-order valence-electron chi connectivity index (χ3n) is 5.54. The Balaban J connectivity index is 1.37. The minimum absolute atomic E-state index is 0.0668. The van der Waals surface area contributed by atoms with Crippen LogP contribution in [0.2, 0.25) is 0 Å². The first-order valence-corrected chi connectivity index (χ1v) is 11.1. The summed E-state index contributed by atoms with van der Waals surface area (Å²) in [6.07, 6.45) is -0.315. The number of carbonyl (C=O) groups excluding carboxylic acids is 2. The third kappa shape index (κ3) is 5.22. The molecule has 1 aliphatic rings. The molecule has 33 heavy (non-hydrogen) atoms. The van der Waals surface area contributed by atoms with E-state index in [1.54, 1.807) is 21.9 Å². The molecule has 0 radical (unpaired) electrons. The molecule has 1 aromatic heterocycles. The zero-order valence-electron chi connectivity index (χ0n) is 19.2. The van der Waals surface area contributed by atoms with Crippen molar-refractivity contribution in [1.82, 2.24) is 20.0 Å². The van der Waals surface area contributed by atoms with Crippen LogP contribution in [0.4, 0.5) is 4.79 Å². The smallest absolute Gasteiger partial charge is 0.409 e. The van der Waals surface area contributed by atoms with Gasteiger partial charge in [-0.1, -0.05) is 32.0 Å². The highest BCUT2D eigenvalue weighted by molar-refractivity contribution is 5.94. The normalized spacial score (nSPS) is 13.9. The second-order valence-electron chi connectivity index (χ2n) is 8.55. The molecule has 1 saturated heterocycles. The van der Waals surface area contributed by atoms with Gasteiger partial charge in [-0.3, -0.25) is 4.79 Å². The predicted octanol–water partition coefficient (Wildman–Crippen LogP) is 4.26. The summed E-state index contributed by atoms with van der Waals surface area (Å²) in [4.78, 5) is 28.4. The summed E-state index contributed by atoms with van der Waals surface area (Å²) < 4.78 is 11.1. The second-order valence-corrected chi connectivity index (χ2v) is 8.55. The standard InChI is InChI=1S/C25H28N4O4/c1-17(2)16-32-25(31)29-14-12-28(13-15-29)24(30)20-10-8-19(9-11-20)22-26-27-23(33-22)21-7-5-4-6-18(21)3/h4-11,17H,12-16H2,1-3H3. The van der Waals surface area contributed by atoms with Crippen molar-refractivity contribution in [3.05, 3.63) is 59.7 Å². The Hall–Kier alpha value is -3.68. The number of aromatic nitrogens is 2. The Morgan fingerprint density at radius 1 is 0.939 bits per heavy atom. The van der Waals surface area contributed by atoms with Crippen molar-refractivity contribution in [2.75, 3.05) is 32.8 Å². The largest absolute Gasteiger partial charge is 0.449 e. The van der Waals surface area contributed by atoms with Crippen molar-refractivity contribution < 1.29 is 18.7 Å². The molecule has 1 aliphatic heterocycles. The van der Waals surface area contributed by atoms with Gasteiger partial charge < -0.3 is 19.0 Å². The van der Waals surface area contributed by atoms with E-state index in [9.17, 15) is 9.59 Å². The molecule has 3 aromatic rings. The predicted molar refractivity (Wildman–Crippen MR) is 124 cm³/mol. The molecule has 0 unspecified atom stereocenters. The van der Waals surface area contributed by atoms with Gasteiger partial charge >= 0.3 is 6.09 Å². The van der Waals surface area contributed by atoms with Crippen LogP contribution in [0.3, 0.4) is 0 Å². The van der Waals surface area contributed by atoms with E-state index in [1.807, 2.05) is 57.2 Å². The Morgan fingerprint density at radius 3 is 2.24 bits per heavy atom. The molecule has 2 heterocycles. The number of rotatable bonds is 5. The summed E-state index contributed by atoms with van der Waals surface area (Å²) in [5, 5.41) is 8.32. The highest BCUT2D eigenvalue weighted by Crippen LogP contribution is 2.26. The van der Waals surface area contributed by atoms with E-state index in [0.717, 1.165) is 16.7 Å². The molecule has 0 atom stereocenters. The van der Waals surface area contributed by atoms with E-state index in [4.69, 9.17) is 9.15 Å². The minimum atomic E-state index is -0.315. The van der Waals surface area contributed by atoms with Gasteiger partial charge in [0, 0.05) is 42.9 Å². The number of piperazine rings is 1. The third-order valence-corrected chi connectivity index (χ3v) is 5.54. The fourth-order valence-corrected chi connectivity index (χ4v) is 3.62. The summed E-state index contributed by atoms with van der Waals surface area (Å²) >= 11 is 0. The van der Waals surface area contributed by atoms with Crippen LogP contribution in [0, 0.1) is 12.8 Å². The quantitative estimate of drug-likeness (QED) is 0.579. The van der Waals surface area contributed by atoms with Crippen molar-refractivity contribution >= 4 is 12.0 Å². The Labute approximate surface area is 193 Å². The molecule has 4 rings (SSSR count). The first-order valence-electron chi connectivity index (χ1n) is 11.1. The second kappa shape index (κ2) is 9.85. The van der Waals surface area contributed by atoms with E-state index >= 15 is 0 Å². The molecule has 1 fully saturated rings. The Bertz CT molecular complexity index is 1120. The maximum atomic E-state index is 12.9. The number of ether oxygens (including phenoxy) is 1. The number of benzene rings is 2. The van der Waals surface area contributed by atoms with Crippen LogP contribution in [0.5, 0.6) is 0 Å². The monoisotopic (exact) mass is 448 g/mol. The van der Waals surface area contributed by atoms with E-state index in [1.165, 1.54) is 0 Å². The average molecular weight is 449 g/mol. The van der Waals surface area contributed by atoms with Gasteiger partial charge in [0.25, 0.3) is 5.91 Å². The van der Waals surface area contributed by atoms with Crippen molar-refractivity contribution in [2.24, 2.45) is 5.92 Å². The lowest BCUT2D eigenvalue weighted by atomic mass is 10.1. The van der Waals surface area contributed by atoms with Gasteiger partial charge in [0.2, 0.25) is 11.8 Å². The Morgan fingerprint density at radius 2 is 1.58 bits per heavy atom. The van der Waals surface area contributed by atoms with E-state index in [2.05, 4.69) is 10.2 Å². The fourth-order valence-electron chi connectivity index (χ4n) is 3.62. The lowest BCUT2D eigenvalue weighted by Crippen LogP contribution is -2.50. The molecule has 0 spiro atoms. The molecule has 0 saturated carbocycles. The molecule has 0 N–H and O–H groups in total. The van der Waals surface area contributed by atoms with Crippen LogP contribution in [-0.4, -0.2) is 64.8 Å². The van der Waals surface area contributed by atoms with Gasteiger partial charge in [0.05, 0.1) is 6.61 Å². The molecule has 2 aromatic carbocycles. The van der Waals surface area contributed by atoms with Gasteiger partial charge in [-0.05, 0) is 48.7 Å². The first kappa shape index (κ1) is 22.5. The molecular weight excluding hydrogens is 420 g/mol. The minimum Gasteiger partial charge on any atom is -0.449 e. The van der Waals surface area contributed by atoms with Crippen molar-refractivity contribution in [2.45, 2.75) is 20.8 Å². The van der Waals surface area contributed by atoms with Crippen LogP contribution in [0.1, 0.15) is 29.8 Å². The van der Waals surface area contributed by atoms with Crippen molar-refractivity contribution in [1.29, 1.82) is 0 Å². The number of amides is 2. The van der Waals surface area contributed by atoms with E-state index < -0.39 is 0 Å². The highest BCUT2D eigenvalue weighted by atomic mass is 16.6. The zero-order valence-corrected chi connectivity index (χ0v) is 19.2. The molecule has 2 amide bonds. The van der Waals surface area contributed by atoms with E-state index in [-0.39, 0.29) is 12.0 Å². The number of carbonyl (C=O) groups is 2. The maximum Gasteiger partial charge on any atom is 0.409 e. The van der Waals surface area contributed by atoms with Gasteiger partial charge in [0.15, 0.2) is 0 Å². The van der Waals surface area contributed by atoms with Gasteiger partial charge in [0.1, 0.15) is 0 Å². The summed E-state index contributed by atoms with van der Waals surface area (Å²) in [5.74, 6) is 1.10. The summed E-state index contributed by atoms with van der Waals surface area (Å²) in [6.45, 7) is 8.26. The van der Waals surface area contributed by atoms with Gasteiger partial charge in [-0.2, -0.15) is 0 Å². The summed E-state index contributed by atoms with van der Waals surface area (Å²) in [7, 11) is 0. The average Bonchev–Trinajstić information content (AvgIpc) is 3.32. The molecule has 8 heteroatoms. The summed E-state index contributed by atoms with van der Waals surface area (Å²) in [5.41, 5.74) is 3.28. The number of hydrogen-bond acceptors (Lipinski definition) is 6. The summed E-state index contributed by atoms with van der Waals surface area (Å²) in [6, 6.07) is 15.0.